The number of carboxylic acids is 1. The summed E-state index contributed by atoms with van der Waals surface area (Å²) in [5, 5.41) is 13.2. The second-order valence-electron chi connectivity index (χ2n) is 5.15. The van der Waals surface area contributed by atoms with E-state index in [1.54, 1.807) is 11.7 Å². The van der Waals surface area contributed by atoms with Crippen LogP contribution < -0.4 is 0 Å². The number of aryl methyl sites for hydroxylation is 1. The summed E-state index contributed by atoms with van der Waals surface area (Å²) in [4.78, 5) is 15.9. The SMILES string of the molecule is CCN1CCN(Cc2c(C(=O)O)cnn2C)CC1C. The first-order valence-electron chi connectivity index (χ1n) is 6.73. The van der Waals surface area contributed by atoms with Crippen LogP contribution in [0.4, 0.5) is 0 Å². The van der Waals surface area contributed by atoms with Crippen LogP contribution in [-0.4, -0.2) is 62.9 Å². The number of carbonyl (C=O) groups is 1. The second kappa shape index (κ2) is 5.71. The molecule has 6 nitrogen and oxygen atoms in total. The van der Waals surface area contributed by atoms with Crippen molar-refractivity contribution >= 4 is 5.97 Å². The number of likely N-dealkylation sites (N-methyl/N-ethyl adjacent to an activating group) is 1. The molecule has 0 radical (unpaired) electrons. The fourth-order valence-electron chi connectivity index (χ4n) is 2.72. The average Bonchev–Trinajstić information content (AvgIpc) is 2.71. The second-order valence-corrected chi connectivity index (χ2v) is 5.15. The molecule has 19 heavy (non-hydrogen) atoms. The van der Waals surface area contributed by atoms with Gasteiger partial charge in [-0.05, 0) is 13.5 Å². The van der Waals surface area contributed by atoms with Crippen LogP contribution in [0.3, 0.4) is 0 Å². The van der Waals surface area contributed by atoms with Gasteiger partial charge in [-0.25, -0.2) is 4.79 Å². The number of piperazine rings is 1. The van der Waals surface area contributed by atoms with Crippen LogP contribution in [0.2, 0.25) is 0 Å². The Labute approximate surface area is 113 Å². The Morgan fingerprint density at radius 3 is 2.84 bits per heavy atom. The molecule has 1 atom stereocenters. The van der Waals surface area contributed by atoms with Crippen molar-refractivity contribution in [2.45, 2.75) is 26.4 Å². The van der Waals surface area contributed by atoms with Gasteiger partial charge in [0.15, 0.2) is 0 Å². The lowest BCUT2D eigenvalue weighted by molar-refractivity contribution is 0.0684. The van der Waals surface area contributed by atoms with E-state index in [2.05, 4.69) is 28.7 Å². The molecule has 0 amide bonds. The third kappa shape index (κ3) is 2.96. The number of hydrogen-bond acceptors (Lipinski definition) is 4. The van der Waals surface area contributed by atoms with E-state index in [0.717, 1.165) is 31.9 Å². The summed E-state index contributed by atoms with van der Waals surface area (Å²) in [5.74, 6) is -0.900. The highest BCUT2D eigenvalue weighted by atomic mass is 16.4. The van der Waals surface area contributed by atoms with Crippen molar-refractivity contribution in [2.75, 3.05) is 26.2 Å². The molecule has 1 N–H and O–H groups in total. The van der Waals surface area contributed by atoms with Crippen molar-refractivity contribution in [3.05, 3.63) is 17.5 Å². The monoisotopic (exact) mass is 266 g/mol. The minimum Gasteiger partial charge on any atom is -0.478 e. The van der Waals surface area contributed by atoms with E-state index in [1.165, 1.54) is 6.20 Å². The van der Waals surface area contributed by atoms with Gasteiger partial charge >= 0.3 is 5.97 Å². The highest BCUT2D eigenvalue weighted by Crippen LogP contribution is 2.15. The van der Waals surface area contributed by atoms with Gasteiger partial charge in [0, 0.05) is 39.3 Å². The Bertz CT molecular complexity index is 457. The first kappa shape index (κ1) is 14.0. The molecule has 1 unspecified atom stereocenters. The van der Waals surface area contributed by atoms with Gasteiger partial charge in [0.05, 0.1) is 11.9 Å². The summed E-state index contributed by atoms with van der Waals surface area (Å²) >= 11 is 0. The van der Waals surface area contributed by atoms with E-state index >= 15 is 0 Å². The van der Waals surface area contributed by atoms with Gasteiger partial charge in [0.25, 0.3) is 0 Å². The van der Waals surface area contributed by atoms with Crippen molar-refractivity contribution in [3.63, 3.8) is 0 Å². The Kier molecular flexibility index (Phi) is 4.21. The normalized spacial score (nSPS) is 21.7. The standard InChI is InChI=1S/C13H22N4O2/c1-4-17-6-5-16(8-10(17)2)9-12-11(13(18)19)7-14-15(12)3/h7,10H,4-6,8-9H2,1-3H3,(H,18,19). The van der Waals surface area contributed by atoms with E-state index < -0.39 is 5.97 Å². The van der Waals surface area contributed by atoms with Crippen molar-refractivity contribution in [3.8, 4) is 0 Å². The molecule has 2 rings (SSSR count). The van der Waals surface area contributed by atoms with E-state index in [1.807, 2.05) is 0 Å². The first-order chi connectivity index (χ1) is 9.02. The van der Waals surface area contributed by atoms with Gasteiger partial charge in [0.2, 0.25) is 0 Å². The van der Waals surface area contributed by atoms with Crippen LogP contribution in [0, 0.1) is 0 Å². The summed E-state index contributed by atoms with van der Waals surface area (Å²) in [5.41, 5.74) is 1.10. The maximum atomic E-state index is 11.2. The summed E-state index contributed by atoms with van der Waals surface area (Å²) in [6, 6.07) is 0.514. The molecule has 0 spiro atoms. The van der Waals surface area contributed by atoms with Gasteiger partial charge < -0.3 is 5.11 Å². The van der Waals surface area contributed by atoms with Crippen LogP contribution in [0.15, 0.2) is 6.20 Å². The van der Waals surface area contributed by atoms with E-state index in [4.69, 9.17) is 5.11 Å². The zero-order valence-corrected chi connectivity index (χ0v) is 11.8. The van der Waals surface area contributed by atoms with Crippen molar-refractivity contribution in [2.24, 2.45) is 7.05 Å². The maximum absolute atomic E-state index is 11.2. The molecule has 0 saturated carbocycles. The number of carboxylic acid groups (broad SMARTS) is 1. The molecule has 1 aliphatic heterocycles. The first-order valence-corrected chi connectivity index (χ1v) is 6.73. The lowest BCUT2D eigenvalue weighted by Gasteiger charge is -2.39. The van der Waals surface area contributed by atoms with Gasteiger partial charge in [-0.3, -0.25) is 14.5 Å². The average molecular weight is 266 g/mol. The Morgan fingerprint density at radius 1 is 1.53 bits per heavy atom. The van der Waals surface area contributed by atoms with Crippen LogP contribution >= 0.6 is 0 Å². The molecule has 0 bridgehead atoms. The van der Waals surface area contributed by atoms with Crippen molar-refractivity contribution in [1.82, 2.24) is 19.6 Å². The molecule has 2 heterocycles. The number of aromatic carboxylic acids is 1. The van der Waals surface area contributed by atoms with Gasteiger partial charge in [-0.2, -0.15) is 5.10 Å². The molecule has 0 aromatic carbocycles. The Morgan fingerprint density at radius 2 is 2.26 bits per heavy atom. The van der Waals surface area contributed by atoms with Crippen LogP contribution in [-0.2, 0) is 13.6 Å². The molecule has 0 aliphatic carbocycles. The molecule has 1 aromatic heterocycles. The van der Waals surface area contributed by atoms with Gasteiger partial charge in [-0.1, -0.05) is 6.92 Å². The van der Waals surface area contributed by atoms with Crippen LogP contribution in [0.25, 0.3) is 0 Å². The lowest BCUT2D eigenvalue weighted by atomic mass is 10.1. The van der Waals surface area contributed by atoms with Crippen LogP contribution in [0.1, 0.15) is 29.9 Å². The maximum Gasteiger partial charge on any atom is 0.339 e. The largest absolute Gasteiger partial charge is 0.478 e. The summed E-state index contributed by atoms with van der Waals surface area (Å²) < 4.78 is 1.67. The number of hydrogen-bond donors (Lipinski definition) is 1. The van der Waals surface area contributed by atoms with Crippen molar-refractivity contribution in [1.29, 1.82) is 0 Å². The third-order valence-corrected chi connectivity index (χ3v) is 3.92. The Hall–Kier alpha value is -1.40. The minimum atomic E-state index is -0.900. The predicted molar refractivity (Wildman–Crippen MR) is 72.2 cm³/mol. The fourth-order valence-corrected chi connectivity index (χ4v) is 2.72. The highest BCUT2D eigenvalue weighted by molar-refractivity contribution is 5.88. The molecule has 1 saturated heterocycles. The summed E-state index contributed by atoms with van der Waals surface area (Å²) in [6.45, 7) is 9.10. The van der Waals surface area contributed by atoms with E-state index in [9.17, 15) is 4.79 Å². The molecule has 1 aliphatic rings. The molecule has 1 fully saturated rings. The number of rotatable bonds is 4. The summed E-state index contributed by atoms with van der Waals surface area (Å²) in [7, 11) is 1.80. The fraction of sp³-hybridized carbons (Fsp3) is 0.692. The predicted octanol–water partition coefficient (Wildman–Crippen LogP) is 0.644. The molecule has 1 aromatic rings. The molecule has 106 valence electrons. The zero-order chi connectivity index (χ0) is 14.0. The molecule has 6 heteroatoms. The number of aromatic nitrogens is 2. The topological polar surface area (TPSA) is 61.6 Å². The quantitative estimate of drug-likeness (QED) is 0.867. The van der Waals surface area contributed by atoms with E-state index in [-0.39, 0.29) is 0 Å². The lowest BCUT2D eigenvalue weighted by Crippen LogP contribution is -2.51. The van der Waals surface area contributed by atoms with Crippen LogP contribution in [0.5, 0.6) is 0 Å². The van der Waals surface area contributed by atoms with Crippen molar-refractivity contribution < 1.29 is 9.90 Å². The zero-order valence-electron chi connectivity index (χ0n) is 11.8. The third-order valence-electron chi connectivity index (χ3n) is 3.92. The highest BCUT2D eigenvalue weighted by Gasteiger charge is 2.24. The molecular formula is C13H22N4O2. The molecular weight excluding hydrogens is 244 g/mol. The summed E-state index contributed by atoms with van der Waals surface area (Å²) in [6.07, 6.45) is 1.43. The Balaban J connectivity index is 2.06. The van der Waals surface area contributed by atoms with Gasteiger partial charge in [0.1, 0.15) is 5.56 Å². The van der Waals surface area contributed by atoms with E-state index in [0.29, 0.717) is 18.2 Å². The minimum absolute atomic E-state index is 0.313. The smallest absolute Gasteiger partial charge is 0.339 e. The number of nitrogens with zero attached hydrogens (tertiary/aromatic N) is 4. The van der Waals surface area contributed by atoms with Gasteiger partial charge in [-0.15, -0.1) is 0 Å².